The van der Waals surface area contributed by atoms with Gasteiger partial charge < -0.3 is 10.4 Å². The van der Waals surface area contributed by atoms with Crippen molar-refractivity contribution in [3.8, 4) is 5.75 Å². The molecule has 4 rings (SSSR count). The third-order valence-electron chi connectivity index (χ3n) is 4.25. The van der Waals surface area contributed by atoms with Crippen LogP contribution in [0.3, 0.4) is 0 Å². The quantitative estimate of drug-likeness (QED) is 0.694. The molecule has 4 nitrogen and oxygen atoms in total. The summed E-state index contributed by atoms with van der Waals surface area (Å²) in [5, 5.41) is 14.4. The summed E-state index contributed by atoms with van der Waals surface area (Å²) in [4.78, 5) is 11.3. The second-order valence-electron chi connectivity index (χ2n) is 5.90. The van der Waals surface area contributed by atoms with Crippen molar-refractivity contribution in [1.29, 1.82) is 0 Å². The molecule has 0 radical (unpaired) electrons. The average molecular weight is 311 g/mol. The Morgan fingerprint density at radius 2 is 2.14 bits per heavy atom. The zero-order valence-electron chi connectivity index (χ0n) is 12.3. The lowest BCUT2D eigenvalue weighted by Crippen LogP contribution is -2.09. The molecular weight excluding hydrogens is 294 g/mol. The van der Waals surface area contributed by atoms with Gasteiger partial charge in [0, 0.05) is 4.88 Å². The Morgan fingerprint density at radius 3 is 3.00 bits per heavy atom. The summed E-state index contributed by atoms with van der Waals surface area (Å²) in [6.07, 6.45) is 5.02. The van der Waals surface area contributed by atoms with Crippen LogP contribution in [0.1, 0.15) is 23.8 Å². The van der Waals surface area contributed by atoms with Crippen LogP contribution in [0, 0.1) is 5.92 Å². The Hall–Kier alpha value is -2.14. The molecule has 5 heteroatoms. The smallest absolute Gasteiger partial charge is 0.142 e. The van der Waals surface area contributed by atoms with E-state index in [0.29, 0.717) is 5.69 Å². The van der Waals surface area contributed by atoms with Crippen molar-refractivity contribution in [3.05, 3.63) is 41.0 Å². The van der Waals surface area contributed by atoms with Crippen LogP contribution in [0.4, 0.5) is 11.5 Å². The molecule has 0 aliphatic heterocycles. The van der Waals surface area contributed by atoms with E-state index in [1.54, 1.807) is 23.7 Å². The summed E-state index contributed by atoms with van der Waals surface area (Å²) in [5.41, 5.74) is 2.06. The zero-order chi connectivity index (χ0) is 15.1. The highest BCUT2D eigenvalue weighted by atomic mass is 32.1. The van der Waals surface area contributed by atoms with E-state index in [0.717, 1.165) is 34.8 Å². The Kier molecular flexibility index (Phi) is 3.22. The van der Waals surface area contributed by atoms with Gasteiger partial charge in [0.2, 0.25) is 0 Å². The summed E-state index contributed by atoms with van der Waals surface area (Å²) >= 11 is 1.78. The molecule has 0 spiro atoms. The highest BCUT2D eigenvalue weighted by Crippen LogP contribution is 2.40. The van der Waals surface area contributed by atoms with Crippen molar-refractivity contribution < 1.29 is 5.11 Å². The largest absolute Gasteiger partial charge is 0.506 e. The minimum absolute atomic E-state index is 0.229. The minimum Gasteiger partial charge on any atom is -0.506 e. The number of hydrogen-bond donors (Lipinski definition) is 2. The fourth-order valence-electron chi connectivity index (χ4n) is 3.08. The number of phenols is 1. The van der Waals surface area contributed by atoms with Crippen LogP contribution in [0.2, 0.25) is 0 Å². The molecule has 2 aromatic heterocycles. The molecule has 1 unspecified atom stereocenters. The SMILES string of the molecule is CC1CCc2c(sc3ncnc(Nc4ccccc4O)c23)C1. The van der Waals surface area contributed by atoms with E-state index in [2.05, 4.69) is 22.2 Å². The fraction of sp³-hybridized carbons (Fsp3) is 0.294. The molecule has 0 amide bonds. The van der Waals surface area contributed by atoms with E-state index in [4.69, 9.17) is 0 Å². The first-order valence-electron chi connectivity index (χ1n) is 7.52. The Balaban J connectivity index is 1.83. The summed E-state index contributed by atoms with van der Waals surface area (Å²) in [7, 11) is 0. The molecule has 0 saturated carbocycles. The maximum atomic E-state index is 9.96. The van der Waals surface area contributed by atoms with Crippen molar-refractivity contribution in [2.75, 3.05) is 5.32 Å². The predicted octanol–water partition coefficient (Wildman–Crippen LogP) is 4.27. The van der Waals surface area contributed by atoms with Gasteiger partial charge >= 0.3 is 0 Å². The first kappa shape index (κ1) is 13.5. The van der Waals surface area contributed by atoms with E-state index < -0.39 is 0 Å². The molecular formula is C17H17N3OS. The van der Waals surface area contributed by atoms with Crippen LogP contribution >= 0.6 is 11.3 Å². The van der Waals surface area contributed by atoms with Crippen molar-refractivity contribution in [3.63, 3.8) is 0 Å². The molecule has 1 atom stereocenters. The molecule has 0 bridgehead atoms. The molecule has 22 heavy (non-hydrogen) atoms. The summed E-state index contributed by atoms with van der Waals surface area (Å²) < 4.78 is 0. The Bertz CT molecular complexity index is 843. The summed E-state index contributed by atoms with van der Waals surface area (Å²) in [6.45, 7) is 2.31. The van der Waals surface area contributed by atoms with Crippen LogP contribution in [-0.4, -0.2) is 15.1 Å². The first-order valence-corrected chi connectivity index (χ1v) is 8.34. The Labute approximate surface area is 132 Å². The van der Waals surface area contributed by atoms with Gasteiger partial charge in [-0.15, -0.1) is 11.3 Å². The lowest BCUT2D eigenvalue weighted by Gasteiger charge is -2.18. The van der Waals surface area contributed by atoms with Gasteiger partial charge in [-0.2, -0.15) is 0 Å². The molecule has 112 valence electrons. The number of nitrogens with zero attached hydrogens (tertiary/aromatic N) is 2. The molecule has 1 aliphatic rings. The van der Waals surface area contributed by atoms with Gasteiger partial charge in [-0.25, -0.2) is 9.97 Å². The number of nitrogens with one attached hydrogen (secondary N) is 1. The summed E-state index contributed by atoms with van der Waals surface area (Å²) in [6, 6.07) is 7.23. The number of para-hydroxylation sites is 2. The van der Waals surface area contributed by atoms with E-state index in [1.165, 1.54) is 16.9 Å². The van der Waals surface area contributed by atoms with Crippen molar-refractivity contribution in [1.82, 2.24) is 9.97 Å². The zero-order valence-corrected chi connectivity index (χ0v) is 13.2. The highest BCUT2D eigenvalue weighted by Gasteiger charge is 2.23. The number of hydrogen-bond acceptors (Lipinski definition) is 5. The number of aryl methyl sites for hydroxylation is 1. The number of aromatic hydroxyl groups is 1. The van der Waals surface area contributed by atoms with E-state index >= 15 is 0 Å². The van der Waals surface area contributed by atoms with Gasteiger partial charge in [0.15, 0.2) is 0 Å². The number of fused-ring (bicyclic) bond motifs is 3. The lowest BCUT2D eigenvalue weighted by atomic mass is 9.89. The van der Waals surface area contributed by atoms with E-state index in [-0.39, 0.29) is 5.75 Å². The van der Waals surface area contributed by atoms with Gasteiger partial charge in [-0.05, 0) is 42.9 Å². The fourth-order valence-corrected chi connectivity index (χ4v) is 4.43. The van der Waals surface area contributed by atoms with E-state index in [1.807, 2.05) is 18.2 Å². The Morgan fingerprint density at radius 1 is 1.27 bits per heavy atom. The lowest BCUT2D eigenvalue weighted by molar-refractivity contribution is 0.477. The third-order valence-corrected chi connectivity index (χ3v) is 5.41. The third kappa shape index (κ3) is 2.22. The van der Waals surface area contributed by atoms with Gasteiger partial charge in [-0.3, -0.25) is 0 Å². The van der Waals surface area contributed by atoms with Crippen LogP contribution in [0.25, 0.3) is 10.2 Å². The van der Waals surface area contributed by atoms with Gasteiger partial charge in [0.25, 0.3) is 0 Å². The highest BCUT2D eigenvalue weighted by molar-refractivity contribution is 7.19. The maximum Gasteiger partial charge on any atom is 0.142 e. The van der Waals surface area contributed by atoms with Crippen LogP contribution in [0.5, 0.6) is 5.75 Å². The van der Waals surface area contributed by atoms with Gasteiger partial charge in [-0.1, -0.05) is 19.1 Å². The summed E-state index contributed by atoms with van der Waals surface area (Å²) in [5.74, 6) is 1.76. The van der Waals surface area contributed by atoms with Gasteiger partial charge in [0.05, 0.1) is 11.1 Å². The molecule has 0 saturated heterocycles. The monoisotopic (exact) mass is 311 g/mol. The standard InChI is InChI=1S/C17H17N3OS/c1-10-6-7-11-14(8-10)22-17-15(11)16(18-9-19-17)20-12-4-2-3-5-13(12)21/h2-5,9-10,21H,6-8H2,1H3,(H,18,19,20). The molecule has 1 aliphatic carbocycles. The average Bonchev–Trinajstić information content (AvgIpc) is 2.88. The van der Waals surface area contributed by atoms with Gasteiger partial charge in [0.1, 0.15) is 22.7 Å². The van der Waals surface area contributed by atoms with Crippen LogP contribution < -0.4 is 5.32 Å². The van der Waals surface area contributed by atoms with Crippen LogP contribution in [-0.2, 0) is 12.8 Å². The topological polar surface area (TPSA) is 58.0 Å². The number of rotatable bonds is 2. The molecule has 1 aromatic carbocycles. The normalized spacial score (nSPS) is 17.4. The number of phenolic OH excluding ortho intramolecular Hbond substituents is 1. The molecule has 0 fully saturated rings. The number of thiophene rings is 1. The molecule has 3 aromatic rings. The predicted molar refractivity (Wildman–Crippen MR) is 90.0 cm³/mol. The molecule has 2 heterocycles. The minimum atomic E-state index is 0.229. The second kappa shape index (κ2) is 5.25. The number of anilines is 2. The number of benzene rings is 1. The van der Waals surface area contributed by atoms with Crippen molar-refractivity contribution in [2.45, 2.75) is 26.2 Å². The first-order chi connectivity index (χ1) is 10.7. The van der Waals surface area contributed by atoms with Crippen molar-refractivity contribution in [2.24, 2.45) is 5.92 Å². The van der Waals surface area contributed by atoms with Crippen LogP contribution in [0.15, 0.2) is 30.6 Å². The van der Waals surface area contributed by atoms with E-state index in [9.17, 15) is 5.11 Å². The number of aromatic nitrogens is 2. The van der Waals surface area contributed by atoms with Crippen molar-refractivity contribution >= 4 is 33.1 Å². The molecule has 2 N–H and O–H groups in total. The second-order valence-corrected chi connectivity index (χ2v) is 6.98. The maximum absolute atomic E-state index is 9.96.